The fraction of sp³-hybridized carbons (Fsp3) is 0.381. The molecule has 2 aromatic carbocycles. The van der Waals surface area contributed by atoms with Crippen LogP contribution in [0.4, 0.5) is 0 Å². The van der Waals surface area contributed by atoms with Gasteiger partial charge in [0.1, 0.15) is 11.5 Å². The summed E-state index contributed by atoms with van der Waals surface area (Å²) in [5.74, 6) is 1.66. The molecule has 3 rings (SSSR count). The SMILES string of the molecule is COc1ccc([C@@H]2CCCN2C(=S)NCCc2ccccc2)c(OC)c1. The second-order valence-corrected chi connectivity index (χ2v) is 6.81. The van der Waals surface area contributed by atoms with Crippen LogP contribution in [0.25, 0.3) is 0 Å². The molecule has 1 aliphatic rings. The van der Waals surface area contributed by atoms with Gasteiger partial charge < -0.3 is 19.7 Å². The second kappa shape index (κ2) is 8.90. The van der Waals surface area contributed by atoms with E-state index in [1.807, 2.05) is 18.2 Å². The van der Waals surface area contributed by atoms with E-state index >= 15 is 0 Å². The molecule has 0 saturated carbocycles. The van der Waals surface area contributed by atoms with Gasteiger partial charge in [0.15, 0.2) is 5.11 Å². The summed E-state index contributed by atoms with van der Waals surface area (Å²) in [6.45, 7) is 1.81. The van der Waals surface area contributed by atoms with Crippen LogP contribution in [0.2, 0.25) is 0 Å². The Morgan fingerprint density at radius 2 is 1.96 bits per heavy atom. The number of rotatable bonds is 6. The zero-order valence-corrected chi connectivity index (χ0v) is 16.2. The Morgan fingerprint density at radius 1 is 1.15 bits per heavy atom. The highest BCUT2D eigenvalue weighted by molar-refractivity contribution is 7.80. The van der Waals surface area contributed by atoms with E-state index in [1.165, 1.54) is 5.56 Å². The molecule has 138 valence electrons. The van der Waals surface area contributed by atoms with Gasteiger partial charge in [0.25, 0.3) is 0 Å². The van der Waals surface area contributed by atoms with Gasteiger partial charge in [0, 0.05) is 24.7 Å². The van der Waals surface area contributed by atoms with Crippen molar-refractivity contribution in [3.8, 4) is 11.5 Å². The van der Waals surface area contributed by atoms with Gasteiger partial charge in [-0.25, -0.2) is 0 Å². The summed E-state index contributed by atoms with van der Waals surface area (Å²) in [5, 5.41) is 4.25. The zero-order chi connectivity index (χ0) is 18.4. The summed E-state index contributed by atoms with van der Waals surface area (Å²) in [6, 6.07) is 16.7. The maximum Gasteiger partial charge on any atom is 0.169 e. The summed E-state index contributed by atoms with van der Waals surface area (Å²) in [6.07, 6.45) is 3.16. The van der Waals surface area contributed by atoms with Gasteiger partial charge in [-0.05, 0) is 49.2 Å². The number of likely N-dealkylation sites (tertiary alicyclic amines) is 1. The first-order chi connectivity index (χ1) is 12.7. The molecule has 0 aromatic heterocycles. The third-order valence-electron chi connectivity index (χ3n) is 4.85. The van der Waals surface area contributed by atoms with Gasteiger partial charge in [-0.1, -0.05) is 30.3 Å². The Balaban J connectivity index is 1.65. The van der Waals surface area contributed by atoms with E-state index in [0.717, 1.165) is 54.5 Å². The minimum Gasteiger partial charge on any atom is -0.497 e. The highest BCUT2D eigenvalue weighted by Crippen LogP contribution is 2.38. The summed E-state index contributed by atoms with van der Waals surface area (Å²) >= 11 is 5.68. The van der Waals surface area contributed by atoms with Crippen LogP contribution < -0.4 is 14.8 Å². The van der Waals surface area contributed by atoms with Crippen molar-refractivity contribution in [2.24, 2.45) is 0 Å². The Morgan fingerprint density at radius 3 is 2.69 bits per heavy atom. The number of methoxy groups -OCH3 is 2. The van der Waals surface area contributed by atoms with Crippen LogP contribution in [0, 0.1) is 0 Å². The van der Waals surface area contributed by atoms with Crippen LogP contribution >= 0.6 is 12.2 Å². The van der Waals surface area contributed by atoms with Crippen LogP contribution in [0.5, 0.6) is 11.5 Å². The Bertz CT molecular complexity index is 736. The zero-order valence-electron chi connectivity index (χ0n) is 15.4. The molecular formula is C21H26N2O2S. The number of thiocarbonyl (C=S) groups is 1. The molecule has 26 heavy (non-hydrogen) atoms. The summed E-state index contributed by atoms with van der Waals surface area (Å²) < 4.78 is 10.9. The fourth-order valence-electron chi connectivity index (χ4n) is 3.49. The maximum atomic E-state index is 5.68. The van der Waals surface area contributed by atoms with Crippen molar-refractivity contribution >= 4 is 17.3 Å². The lowest BCUT2D eigenvalue weighted by atomic mass is 10.0. The van der Waals surface area contributed by atoms with Crippen molar-refractivity contribution < 1.29 is 9.47 Å². The molecule has 5 heteroatoms. The smallest absolute Gasteiger partial charge is 0.169 e. The van der Waals surface area contributed by atoms with Crippen molar-refractivity contribution in [1.82, 2.24) is 10.2 Å². The van der Waals surface area contributed by atoms with Crippen molar-refractivity contribution in [1.29, 1.82) is 0 Å². The Kier molecular flexibility index (Phi) is 6.34. The molecule has 0 aliphatic carbocycles. The maximum absolute atomic E-state index is 5.68. The highest BCUT2D eigenvalue weighted by Gasteiger charge is 2.30. The number of benzene rings is 2. The summed E-state index contributed by atoms with van der Waals surface area (Å²) in [5.41, 5.74) is 2.48. The standard InChI is InChI=1S/C21H26N2O2S/c1-24-17-10-11-18(20(15-17)25-2)19-9-6-14-23(19)21(26)22-13-12-16-7-4-3-5-8-16/h3-5,7-8,10-11,15,19H,6,9,12-14H2,1-2H3,(H,22,26)/t19-/m0/s1. The molecule has 1 fully saturated rings. The molecule has 1 heterocycles. The fourth-order valence-corrected chi connectivity index (χ4v) is 3.81. The minimum absolute atomic E-state index is 0.243. The van der Waals surface area contributed by atoms with Crippen LogP contribution in [0.3, 0.4) is 0 Å². The molecule has 1 N–H and O–H groups in total. The first kappa shape index (κ1) is 18.5. The lowest BCUT2D eigenvalue weighted by Crippen LogP contribution is -2.40. The Hall–Kier alpha value is -2.27. The van der Waals surface area contributed by atoms with Crippen molar-refractivity contribution in [2.75, 3.05) is 27.3 Å². The highest BCUT2D eigenvalue weighted by atomic mass is 32.1. The molecule has 1 aliphatic heterocycles. The number of nitrogens with zero attached hydrogens (tertiary/aromatic N) is 1. The number of hydrogen-bond acceptors (Lipinski definition) is 3. The minimum atomic E-state index is 0.243. The second-order valence-electron chi connectivity index (χ2n) is 6.43. The molecule has 0 unspecified atom stereocenters. The van der Waals surface area contributed by atoms with E-state index in [0.29, 0.717) is 0 Å². The van der Waals surface area contributed by atoms with Gasteiger partial charge in [-0.2, -0.15) is 0 Å². The van der Waals surface area contributed by atoms with Gasteiger partial charge in [0.2, 0.25) is 0 Å². The summed E-state index contributed by atoms with van der Waals surface area (Å²) in [4.78, 5) is 2.28. The van der Waals surface area contributed by atoms with E-state index < -0.39 is 0 Å². The average molecular weight is 371 g/mol. The molecule has 1 atom stereocenters. The number of nitrogens with one attached hydrogen (secondary N) is 1. The molecule has 2 aromatic rings. The van der Waals surface area contributed by atoms with Gasteiger partial charge in [0.05, 0.1) is 20.3 Å². The van der Waals surface area contributed by atoms with E-state index in [4.69, 9.17) is 21.7 Å². The third kappa shape index (κ3) is 4.28. The summed E-state index contributed by atoms with van der Waals surface area (Å²) in [7, 11) is 3.37. The molecule has 1 saturated heterocycles. The van der Waals surface area contributed by atoms with E-state index in [2.05, 4.69) is 40.5 Å². The van der Waals surface area contributed by atoms with E-state index in [1.54, 1.807) is 14.2 Å². The number of hydrogen-bond donors (Lipinski definition) is 1. The number of ether oxygens (including phenoxy) is 2. The van der Waals surface area contributed by atoms with Crippen LogP contribution in [0.15, 0.2) is 48.5 Å². The quantitative estimate of drug-likeness (QED) is 0.779. The van der Waals surface area contributed by atoms with Crippen molar-refractivity contribution in [3.63, 3.8) is 0 Å². The topological polar surface area (TPSA) is 33.7 Å². The lowest BCUT2D eigenvalue weighted by molar-refractivity contribution is 0.357. The lowest BCUT2D eigenvalue weighted by Gasteiger charge is -2.29. The molecule has 0 radical (unpaired) electrons. The van der Waals surface area contributed by atoms with Crippen LogP contribution in [-0.4, -0.2) is 37.3 Å². The predicted octanol–water partition coefficient (Wildman–Crippen LogP) is 3.96. The van der Waals surface area contributed by atoms with Crippen LogP contribution in [0.1, 0.15) is 30.0 Å². The average Bonchev–Trinajstić information content (AvgIpc) is 3.18. The van der Waals surface area contributed by atoms with E-state index in [9.17, 15) is 0 Å². The largest absolute Gasteiger partial charge is 0.497 e. The third-order valence-corrected chi connectivity index (χ3v) is 5.22. The molecule has 0 amide bonds. The monoisotopic (exact) mass is 370 g/mol. The molecule has 0 spiro atoms. The molecule has 4 nitrogen and oxygen atoms in total. The molecule has 0 bridgehead atoms. The van der Waals surface area contributed by atoms with E-state index in [-0.39, 0.29) is 6.04 Å². The van der Waals surface area contributed by atoms with Crippen molar-refractivity contribution in [3.05, 3.63) is 59.7 Å². The Labute approximate surface area is 161 Å². The first-order valence-corrected chi connectivity index (χ1v) is 9.44. The van der Waals surface area contributed by atoms with Gasteiger partial charge in [-0.15, -0.1) is 0 Å². The van der Waals surface area contributed by atoms with Gasteiger partial charge in [-0.3, -0.25) is 0 Å². The predicted molar refractivity (Wildman–Crippen MR) is 109 cm³/mol. The normalized spacial score (nSPS) is 16.4. The van der Waals surface area contributed by atoms with Crippen LogP contribution in [-0.2, 0) is 6.42 Å². The van der Waals surface area contributed by atoms with Gasteiger partial charge >= 0.3 is 0 Å². The molecular weight excluding hydrogens is 344 g/mol. The first-order valence-electron chi connectivity index (χ1n) is 9.03. The van der Waals surface area contributed by atoms with Crippen molar-refractivity contribution in [2.45, 2.75) is 25.3 Å².